The van der Waals surface area contributed by atoms with Crippen molar-refractivity contribution in [2.24, 2.45) is 11.8 Å². The molecule has 0 spiro atoms. The predicted molar refractivity (Wildman–Crippen MR) is 89.1 cm³/mol. The number of piperazine rings is 1. The number of amides is 2. The quantitative estimate of drug-likeness (QED) is 0.854. The smallest absolute Gasteiger partial charge is 0.409 e. The van der Waals surface area contributed by atoms with Crippen LogP contribution in [-0.2, 0) is 9.53 Å². The molecule has 0 unspecified atom stereocenters. The van der Waals surface area contributed by atoms with Gasteiger partial charge in [0.25, 0.3) is 0 Å². The fourth-order valence-corrected chi connectivity index (χ4v) is 3.75. The molecular weight excluding hydrogens is 294 g/mol. The van der Waals surface area contributed by atoms with Gasteiger partial charge in [-0.05, 0) is 31.6 Å². The summed E-state index contributed by atoms with van der Waals surface area (Å²) in [5.74, 6) is 1.40. The summed E-state index contributed by atoms with van der Waals surface area (Å²) in [6.45, 7) is 9.44. The molecule has 1 saturated carbocycles. The van der Waals surface area contributed by atoms with E-state index in [1.165, 1.54) is 19.3 Å². The van der Waals surface area contributed by atoms with Crippen molar-refractivity contribution in [3.8, 4) is 0 Å². The van der Waals surface area contributed by atoms with Gasteiger partial charge in [-0.3, -0.25) is 4.79 Å². The Labute approximate surface area is 139 Å². The number of nitrogens with one attached hydrogen (secondary N) is 1. The maximum absolute atomic E-state index is 12.4. The number of carbonyl (C=O) groups excluding carboxylic acids is 2. The Morgan fingerprint density at radius 1 is 1.04 bits per heavy atom. The highest BCUT2D eigenvalue weighted by atomic mass is 16.6. The van der Waals surface area contributed by atoms with Crippen molar-refractivity contribution in [1.29, 1.82) is 0 Å². The first-order valence-electron chi connectivity index (χ1n) is 8.95. The second kappa shape index (κ2) is 8.52. The van der Waals surface area contributed by atoms with E-state index in [0.717, 1.165) is 0 Å². The Morgan fingerprint density at radius 3 is 2.17 bits per heavy atom. The summed E-state index contributed by atoms with van der Waals surface area (Å²) in [7, 11) is 0. The Balaban J connectivity index is 1.73. The first-order chi connectivity index (χ1) is 11.0. The zero-order chi connectivity index (χ0) is 16.8. The van der Waals surface area contributed by atoms with Crippen LogP contribution in [0.1, 0.15) is 40.0 Å². The average molecular weight is 325 g/mol. The summed E-state index contributed by atoms with van der Waals surface area (Å²) < 4.78 is 5.00. The van der Waals surface area contributed by atoms with Crippen LogP contribution in [0.3, 0.4) is 0 Å². The van der Waals surface area contributed by atoms with Gasteiger partial charge in [0, 0.05) is 32.2 Å². The molecule has 0 aromatic rings. The van der Waals surface area contributed by atoms with Gasteiger partial charge in [0.2, 0.25) is 5.91 Å². The Kier molecular flexibility index (Phi) is 6.69. The van der Waals surface area contributed by atoms with Gasteiger partial charge in [-0.25, -0.2) is 4.79 Å². The average Bonchev–Trinajstić information content (AvgIpc) is 2.54. The molecule has 6 nitrogen and oxygen atoms in total. The first-order valence-corrected chi connectivity index (χ1v) is 8.95. The fraction of sp³-hybridized carbons (Fsp3) is 0.882. The normalized spacial score (nSPS) is 26.2. The molecule has 132 valence electrons. The molecule has 0 aromatic heterocycles. The molecule has 1 aliphatic carbocycles. The first kappa shape index (κ1) is 18.0. The zero-order valence-corrected chi connectivity index (χ0v) is 14.7. The van der Waals surface area contributed by atoms with Crippen molar-refractivity contribution in [3.63, 3.8) is 0 Å². The number of ether oxygens (including phenoxy) is 1. The molecule has 2 aliphatic rings. The fourth-order valence-electron chi connectivity index (χ4n) is 3.75. The molecule has 1 heterocycles. The molecule has 2 rings (SSSR count). The van der Waals surface area contributed by atoms with E-state index in [1.54, 1.807) is 11.8 Å². The lowest BCUT2D eigenvalue weighted by Crippen LogP contribution is -2.54. The highest BCUT2D eigenvalue weighted by Crippen LogP contribution is 2.28. The van der Waals surface area contributed by atoms with Gasteiger partial charge in [0.1, 0.15) is 0 Å². The summed E-state index contributed by atoms with van der Waals surface area (Å²) in [5.41, 5.74) is 0. The highest BCUT2D eigenvalue weighted by Gasteiger charge is 2.29. The summed E-state index contributed by atoms with van der Waals surface area (Å²) in [5, 5.41) is 3.48. The van der Waals surface area contributed by atoms with Crippen molar-refractivity contribution >= 4 is 12.0 Å². The summed E-state index contributed by atoms with van der Waals surface area (Å²) in [4.78, 5) is 27.6. The van der Waals surface area contributed by atoms with E-state index in [4.69, 9.17) is 4.74 Å². The van der Waals surface area contributed by atoms with Crippen LogP contribution in [-0.4, -0.2) is 67.2 Å². The monoisotopic (exact) mass is 325 g/mol. The van der Waals surface area contributed by atoms with Gasteiger partial charge in [-0.2, -0.15) is 0 Å². The van der Waals surface area contributed by atoms with E-state index in [9.17, 15) is 9.59 Å². The molecule has 0 aromatic carbocycles. The Hall–Kier alpha value is -1.30. The molecule has 1 N–H and O–H groups in total. The van der Waals surface area contributed by atoms with Crippen LogP contribution in [0.4, 0.5) is 4.79 Å². The third-order valence-corrected chi connectivity index (χ3v) is 5.19. The summed E-state index contributed by atoms with van der Waals surface area (Å²) >= 11 is 0. The van der Waals surface area contributed by atoms with Crippen LogP contribution < -0.4 is 5.32 Å². The van der Waals surface area contributed by atoms with Gasteiger partial charge in [0.05, 0.1) is 13.2 Å². The Bertz CT molecular complexity index is 398. The standard InChI is InChI=1S/C17H31N3O3/c1-4-23-17(22)20-10-8-19(9-11-20)15(21)12-18-16-13(2)6-5-7-14(16)3/h13-14,16,18H,4-12H2,1-3H3/t13-,14-/m1/s1. The molecule has 2 atom stereocenters. The van der Waals surface area contributed by atoms with Crippen molar-refractivity contribution in [2.75, 3.05) is 39.3 Å². The van der Waals surface area contributed by atoms with Gasteiger partial charge in [0.15, 0.2) is 0 Å². The molecule has 2 fully saturated rings. The SMILES string of the molecule is CCOC(=O)N1CCN(C(=O)CNC2[C@H](C)CCC[C@H]2C)CC1. The van der Waals surface area contributed by atoms with Crippen LogP contribution in [0.5, 0.6) is 0 Å². The second-order valence-electron chi connectivity index (χ2n) is 6.86. The molecule has 23 heavy (non-hydrogen) atoms. The third kappa shape index (κ3) is 4.83. The van der Waals surface area contributed by atoms with Crippen LogP contribution >= 0.6 is 0 Å². The molecule has 6 heteroatoms. The van der Waals surface area contributed by atoms with Crippen LogP contribution in [0.25, 0.3) is 0 Å². The maximum Gasteiger partial charge on any atom is 0.409 e. The second-order valence-corrected chi connectivity index (χ2v) is 6.86. The largest absolute Gasteiger partial charge is 0.450 e. The maximum atomic E-state index is 12.4. The van der Waals surface area contributed by atoms with E-state index in [-0.39, 0.29) is 12.0 Å². The third-order valence-electron chi connectivity index (χ3n) is 5.19. The van der Waals surface area contributed by atoms with Gasteiger partial charge in [-0.1, -0.05) is 20.3 Å². The van der Waals surface area contributed by atoms with Crippen LogP contribution in [0, 0.1) is 11.8 Å². The topological polar surface area (TPSA) is 61.9 Å². The number of hydrogen-bond donors (Lipinski definition) is 1. The van der Waals surface area contributed by atoms with Gasteiger partial charge >= 0.3 is 6.09 Å². The van der Waals surface area contributed by atoms with Crippen molar-refractivity contribution < 1.29 is 14.3 Å². The van der Waals surface area contributed by atoms with Crippen molar-refractivity contribution in [2.45, 2.75) is 46.1 Å². The molecule has 1 aliphatic heterocycles. The lowest BCUT2D eigenvalue weighted by Gasteiger charge is -2.37. The van der Waals surface area contributed by atoms with Crippen LogP contribution in [0.2, 0.25) is 0 Å². The lowest BCUT2D eigenvalue weighted by molar-refractivity contribution is -0.132. The summed E-state index contributed by atoms with van der Waals surface area (Å²) in [6.07, 6.45) is 3.51. The molecule has 2 amide bonds. The van der Waals surface area contributed by atoms with Gasteiger partial charge in [-0.15, -0.1) is 0 Å². The van der Waals surface area contributed by atoms with E-state index in [2.05, 4.69) is 19.2 Å². The number of carbonyl (C=O) groups is 2. The lowest BCUT2D eigenvalue weighted by atomic mass is 9.79. The number of hydrogen-bond acceptors (Lipinski definition) is 4. The van der Waals surface area contributed by atoms with E-state index >= 15 is 0 Å². The number of rotatable bonds is 4. The minimum atomic E-state index is -0.275. The minimum absolute atomic E-state index is 0.137. The molecule has 1 saturated heterocycles. The minimum Gasteiger partial charge on any atom is -0.450 e. The van der Waals surface area contributed by atoms with Crippen molar-refractivity contribution in [3.05, 3.63) is 0 Å². The zero-order valence-electron chi connectivity index (χ0n) is 14.7. The Morgan fingerprint density at radius 2 is 1.61 bits per heavy atom. The summed E-state index contributed by atoms with van der Waals surface area (Å²) in [6, 6.07) is 0.438. The van der Waals surface area contributed by atoms with Gasteiger partial charge < -0.3 is 19.9 Å². The van der Waals surface area contributed by atoms with Crippen molar-refractivity contribution in [1.82, 2.24) is 15.1 Å². The van der Waals surface area contributed by atoms with E-state index in [1.807, 2.05) is 4.90 Å². The van der Waals surface area contributed by atoms with E-state index < -0.39 is 0 Å². The highest BCUT2D eigenvalue weighted by molar-refractivity contribution is 5.78. The molecule has 0 radical (unpaired) electrons. The predicted octanol–water partition coefficient (Wildman–Crippen LogP) is 1.70. The molecular formula is C17H31N3O3. The number of nitrogens with zero attached hydrogens (tertiary/aromatic N) is 2. The molecule has 0 bridgehead atoms. The van der Waals surface area contributed by atoms with E-state index in [0.29, 0.717) is 57.2 Å². The van der Waals surface area contributed by atoms with Crippen LogP contribution in [0.15, 0.2) is 0 Å².